The number of morpholine rings is 1. The first-order valence-electron chi connectivity index (χ1n) is 15.6. The van der Waals surface area contributed by atoms with Gasteiger partial charge < -0.3 is 14.2 Å². The van der Waals surface area contributed by atoms with Crippen LogP contribution in [0.3, 0.4) is 0 Å². The van der Waals surface area contributed by atoms with Gasteiger partial charge in [-0.3, -0.25) is 19.4 Å². The molecular weight excluding hydrogens is 480 g/mol. The molecule has 2 aliphatic heterocycles. The molecule has 7 heteroatoms. The predicted octanol–water partition coefficient (Wildman–Crippen LogP) is 4.28. The fourth-order valence-electron chi connectivity index (χ4n) is 10.6. The summed E-state index contributed by atoms with van der Waals surface area (Å²) in [5.74, 6) is 2.34. The van der Waals surface area contributed by atoms with Crippen molar-refractivity contribution >= 4 is 11.9 Å². The Kier molecular flexibility index (Phi) is 7.35. The lowest BCUT2D eigenvalue weighted by molar-refractivity contribution is -0.182. The molecule has 0 aromatic heterocycles. The van der Waals surface area contributed by atoms with E-state index in [0.29, 0.717) is 29.7 Å². The molecule has 38 heavy (non-hydrogen) atoms. The number of esters is 2. The summed E-state index contributed by atoms with van der Waals surface area (Å²) in [4.78, 5) is 29.6. The van der Waals surface area contributed by atoms with Crippen LogP contribution in [0.15, 0.2) is 0 Å². The van der Waals surface area contributed by atoms with Crippen molar-refractivity contribution in [2.24, 2.45) is 34.5 Å². The van der Waals surface area contributed by atoms with E-state index in [4.69, 9.17) is 14.2 Å². The third-order valence-electron chi connectivity index (χ3n) is 12.3. The molecule has 5 unspecified atom stereocenters. The number of hydrogen-bond donors (Lipinski definition) is 0. The topological polar surface area (TPSA) is 68.3 Å². The highest BCUT2D eigenvalue weighted by Gasteiger charge is 2.65. The zero-order valence-corrected chi connectivity index (χ0v) is 24.2. The maximum absolute atomic E-state index is 12.3. The summed E-state index contributed by atoms with van der Waals surface area (Å²) in [6.45, 7) is 13.9. The quantitative estimate of drug-likeness (QED) is 0.503. The monoisotopic (exact) mass is 530 g/mol. The van der Waals surface area contributed by atoms with Gasteiger partial charge in [-0.25, -0.2) is 0 Å². The zero-order valence-electron chi connectivity index (χ0n) is 24.2. The van der Waals surface area contributed by atoms with Gasteiger partial charge in [0.1, 0.15) is 12.2 Å². The summed E-state index contributed by atoms with van der Waals surface area (Å²) in [5, 5.41) is 0. The Bertz CT molecular complexity index is 901. The van der Waals surface area contributed by atoms with E-state index in [0.717, 1.165) is 58.7 Å². The van der Waals surface area contributed by atoms with Crippen LogP contribution in [0.1, 0.15) is 85.5 Å². The molecule has 0 amide bonds. The lowest BCUT2D eigenvalue weighted by Gasteiger charge is -2.62. The molecular formula is C31H50N2O5. The highest BCUT2D eigenvalue weighted by Crippen LogP contribution is 2.67. The van der Waals surface area contributed by atoms with Gasteiger partial charge in [-0.15, -0.1) is 0 Å². The van der Waals surface area contributed by atoms with Crippen LogP contribution in [0.5, 0.6) is 0 Å². The Balaban J connectivity index is 1.27. The molecule has 214 valence electrons. The molecule has 2 heterocycles. The third kappa shape index (κ3) is 4.52. The smallest absolute Gasteiger partial charge is 0.302 e. The molecule has 6 rings (SSSR count). The number of fused-ring (bicyclic) bond motifs is 5. The molecule has 0 aromatic carbocycles. The van der Waals surface area contributed by atoms with E-state index in [1.807, 2.05) is 0 Å². The van der Waals surface area contributed by atoms with Crippen LogP contribution >= 0.6 is 0 Å². The van der Waals surface area contributed by atoms with Gasteiger partial charge in [-0.1, -0.05) is 13.8 Å². The molecule has 2 saturated heterocycles. The van der Waals surface area contributed by atoms with E-state index in [-0.39, 0.29) is 41.0 Å². The van der Waals surface area contributed by atoms with Crippen molar-refractivity contribution in [1.29, 1.82) is 0 Å². The lowest BCUT2D eigenvalue weighted by atomic mass is 9.44. The maximum Gasteiger partial charge on any atom is 0.302 e. The predicted molar refractivity (Wildman–Crippen MR) is 144 cm³/mol. The van der Waals surface area contributed by atoms with Crippen LogP contribution in [0.2, 0.25) is 0 Å². The van der Waals surface area contributed by atoms with Crippen LogP contribution in [-0.4, -0.2) is 85.4 Å². The average Bonchev–Trinajstić information content (AvgIpc) is 3.51. The Morgan fingerprint density at radius 3 is 2.16 bits per heavy atom. The summed E-state index contributed by atoms with van der Waals surface area (Å²) >= 11 is 0. The molecule has 4 saturated carbocycles. The molecule has 7 nitrogen and oxygen atoms in total. The van der Waals surface area contributed by atoms with Gasteiger partial charge in [-0.05, 0) is 100.0 Å². The second-order valence-corrected chi connectivity index (χ2v) is 14.1. The first kappa shape index (κ1) is 27.0. The van der Waals surface area contributed by atoms with Crippen molar-refractivity contribution in [2.75, 3.05) is 39.4 Å². The molecule has 0 spiro atoms. The second kappa shape index (κ2) is 10.3. The molecule has 6 aliphatic rings. The third-order valence-corrected chi connectivity index (χ3v) is 12.3. The van der Waals surface area contributed by atoms with E-state index in [9.17, 15) is 9.59 Å². The van der Waals surface area contributed by atoms with Crippen LogP contribution in [0.4, 0.5) is 0 Å². The highest BCUT2D eigenvalue weighted by molar-refractivity contribution is 5.66. The largest absolute Gasteiger partial charge is 0.461 e. The number of hydrogen-bond acceptors (Lipinski definition) is 7. The van der Waals surface area contributed by atoms with Gasteiger partial charge in [0.15, 0.2) is 0 Å². The van der Waals surface area contributed by atoms with Gasteiger partial charge in [-0.2, -0.15) is 0 Å². The fourth-order valence-corrected chi connectivity index (χ4v) is 10.6. The van der Waals surface area contributed by atoms with Crippen LogP contribution in [-0.2, 0) is 23.8 Å². The Morgan fingerprint density at radius 2 is 1.47 bits per heavy atom. The number of ether oxygens (including phenoxy) is 3. The van der Waals surface area contributed by atoms with Crippen molar-refractivity contribution in [3.8, 4) is 0 Å². The molecule has 0 bridgehead atoms. The summed E-state index contributed by atoms with van der Waals surface area (Å²) in [6.07, 6.45) is 10.7. The van der Waals surface area contributed by atoms with Gasteiger partial charge >= 0.3 is 11.9 Å². The summed E-state index contributed by atoms with van der Waals surface area (Å²) in [6, 6.07) is 0.660. The Morgan fingerprint density at radius 1 is 0.789 bits per heavy atom. The number of nitrogens with zero attached hydrogens (tertiary/aromatic N) is 2. The molecule has 4 aliphatic carbocycles. The number of rotatable bonds is 4. The summed E-state index contributed by atoms with van der Waals surface area (Å²) in [5.41, 5.74) is 0.328. The van der Waals surface area contributed by atoms with Crippen LogP contribution in [0.25, 0.3) is 0 Å². The standard InChI is InChI=1S/C31H50N2O5/c1-20(34)37-28-17-22-7-8-23-24(31(22,4)19-27(28)33-13-15-36-16-14-33)9-10-30(3)25(23)18-26(29(30)38-21(2)35)32-11-5-6-12-32/h22-29H,5-19H2,1-4H3/t22?,23?,24?,25?,26-,27?,28-,29-,30-,31-/m0/s1. The fraction of sp³-hybridized carbons (Fsp3) is 0.935. The molecule has 0 aromatic rings. The van der Waals surface area contributed by atoms with Gasteiger partial charge in [0, 0.05) is 44.4 Å². The average molecular weight is 531 g/mol. The first-order valence-corrected chi connectivity index (χ1v) is 15.6. The molecule has 10 atom stereocenters. The van der Waals surface area contributed by atoms with Crippen molar-refractivity contribution in [2.45, 2.75) is 110 Å². The maximum atomic E-state index is 12.3. The van der Waals surface area contributed by atoms with E-state index in [1.165, 1.54) is 38.5 Å². The zero-order chi connectivity index (χ0) is 26.7. The second-order valence-electron chi connectivity index (χ2n) is 14.1. The first-order chi connectivity index (χ1) is 18.2. The number of likely N-dealkylation sites (tertiary alicyclic amines) is 1. The van der Waals surface area contributed by atoms with Crippen molar-refractivity contribution in [3.05, 3.63) is 0 Å². The number of carbonyl (C=O) groups excluding carboxylic acids is 2. The Hall–Kier alpha value is -1.18. The van der Waals surface area contributed by atoms with E-state index in [1.54, 1.807) is 13.8 Å². The highest BCUT2D eigenvalue weighted by atomic mass is 16.5. The number of carbonyl (C=O) groups is 2. The van der Waals surface area contributed by atoms with Crippen molar-refractivity contribution in [1.82, 2.24) is 9.80 Å². The van der Waals surface area contributed by atoms with Gasteiger partial charge in [0.2, 0.25) is 0 Å². The van der Waals surface area contributed by atoms with E-state index >= 15 is 0 Å². The minimum Gasteiger partial charge on any atom is -0.461 e. The lowest BCUT2D eigenvalue weighted by Crippen LogP contribution is -2.61. The van der Waals surface area contributed by atoms with Crippen molar-refractivity contribution < 1.29 is 23.8 Å². The van der Waals surface area contributed by atoms with Crippen molar-refractivity contribution in [3.63, 3.8) is 0 Å². The van der Waals surface area contributed by atoms with E-state index < -0.39 is 0 Å². The molecule has 6 fully saturated rings. The molecule has 0 N–H and O–H groups in total. The minimum atomic E-state index is -0.144. The van der Waals surface area contributed by atoms with Gasteiger partial charge in [0.25, 0.3) is 0 Å². The molecule has 0 radical (unpaired) electrons. The normalized spacial score (nSPS) is 47.6. The Labute approximate surface area is 229 Å². The summed E-state index contributed by atoms with van der Waals surface area (Å²) < 4.78 is 17.9. The summed E-state index contributed by atoms with van der Waals surface area (Å²) in [7, 11) is 0. The van der Waals surface area contributed by atoms with Crippen LogP contribution in [0, 0.1) is 34.5 Å². The van der Waals surface area contributed by atoms with Crippen LogP contribution < -0.4 is 0 Å². The van der Waals surface area contributed by atoms with E-state index in [2.05, 4.69) is 23.6 Å². The SMILES string of the molecule is CC(=O)O[C@H]1CC2CCC3C(CC[C@@]4(C)C3C[C@H](N3CCCC3)[C@@H]4OC(C)=O)[C@@]2(C)CC1N1CCOCC1. The van der Waals surface area contributed by atoms with Gasteiger partial charge in [0.05, 0.1) is 13.2 Å². The minimum absolute atomic E-state index is 0.00606.